The largest absolute Gasteiger partial charge is 0.352 e. The fraction of sp³-hybridized carbons (Fsp3) is 0.227. The number of fused-ring (bicyclic) bond motifs is 2. The zero-order valence-electron chi connectivity index (χ0n) is 17.3. The van der Waals surface area contributed by atoms with E-state index in [0.717, 1.165) is 36.4 Å². The molecule has 0 atom stereocenters. The van der Waals surface area contributed by atoms with Gasteiger partial charge in [0.05, 0.1) is 16.7 Å². The normalized spacial score (nSPS) is 17.7. The maximum Gasteiger partial charge on any atom is 0.261 e. The van der Waals surface area contributed by atoms with Gasteiger partial charge in [-0.05, 0) is 30.6 Å². The van der Waals surface area contributed by atoms with Crippen LogP contribution in [0.3, 0.4) is 0 Å². The lowest BCUT2D eigenvalue weighted by atomic mass is 9.99. The van der Waals surface area contributed by atoms with Gasteiger partial charge < -0.3 is 14.8 Å². The number of pyridine rings is 1. The molecule has 2 aliphatic heterocycles. The van der Waals surface area contributed by atoms with Crippen molar-refractivity contribution < 1.29 is 9.59 Å². The summed E-state index contributed by atoms with van der Waals surface area (Å²) in [5.74, 6) is -0.354. The molecule has 4 aromatic heterocycles. The molecule has 6 rings (SSSR count). The third kappa shape index (κ3) is 2.91. The van der Waals surface area contributed by atoms with E-state index in [4.69, 9.17) is 9.97 Å². The lowest BCUT2D eigenvalue weighted by Gasteiger charge is -2.32. The highest BCUT2D eigenvalue weighted by Gasteiger charge is 2.36. The molecule has 160 valence electrons. The fourth-order valence-electron chi connectivity index (χ4n) is 4.27. The number of imide groups is 1. The first kappa shape index (κ1) is 19.1. The van der Waals surface area contributed by atoms with E-state index in [1.54, 1.807) is 23.7 Å². The average Bonchev–Trinajstić information content (AvgIpc) is 3.48. The van der Waals surface area contributed by atoms with Gasteiger partial charge in [0.15, 0.2) is 0 Å². The maximum absolute atomic E-state index is 13.0. The van der Waals surface area contributed by atoms with Crippen LogP contribution < -0.4 is 10.2 Å². The number of aromatic nitrogens is 4. The van der Waals surface area contributed by atoms with E-state index in [1.807, 2.05) is 23.6 Å². The number of aromatic amines is 1. The molecule has 10 heteroatoms. The number of hydrogen-bond donors (Lipinski definition) is 2. The summed E-state index contributed by atoms with van der Waals surface area (Å²) in [5, 5.41) is 5.31. The fourth-order valence-corrected chi connectivity index (χ4v) is 5.04. The van der Waals surface area contributed by atoms with Gasteiger partial charge in [0, 0.05) is 49.5 Å². The van der Waals surface area contributed by atoms with Crippen LogP contribution in [0.1, 0.15) is 11.3 Å². The number of piperazine rings is 1. The van der Waals surface area contributed by atoms with Gasteiger partial charge in [0.1, 0.15) is 16.0 Å². The van der Waals surface area contributed by atoms with Gasteiger partial charge in [-0.25, -0.2) is 9.97 Å². The molecule has 0 aliphatic carbocycles. The molecule has 1 saturated heterocycles. The van der Waals surface area contributed by atoms with Crippen molar-refractivity contribution in [2.45, 2.75) is 0 Å². The van der Waals surface area contributed by atoms with Crippen LogP contribution in [0, 0.1) is 0 Å². The second-order valence-corrected chi connectivity index (χ2v) is 8.85. The number of likely N-dealkylation sites (N-methyl/N-ethyl adjacent to an activating group) is 1. The zero-order chi connectivity index (χ0) is 21.8. The summed E-state index contributed by atoms with van der Waals surface area (Å²) in [4.78, 5) is 48.4. The Bertz CT molecular complexity index is 1430. The molecule has 0 aromatic carbocycles. The quantitative estimate of drug-likeness (QED) is 0.464. The number of anilines is 1. The van der Waals surface area contributed by atoms with Crippen molar-refractivity contribution in [2.24, 2.45) is 0 Å². The average molecular weight is 446 g/mol. The van der Waals surface area contributed by atoms with Crippen LogP contribution >= 0.6 is 11.3 Å². The summed E-state index contributed by atoms with van der Waals surface area (Å²) >= 11 is 1.55. The van der Waals surface area contributed by atoms with Gasteiger partial charge in [-0.15, -0.1) is 11.3 Å². The molecule has 0 bridgehead atoms. The Morgan fingerprint density at radius 3 is 2.69 bits per heavy atom. The minimum absolute atomic E-state index is 0.239. The van der Waals surface area contributed by atoms with Crippen molar-refractivity contribution in [1.29, 1.82) is 0 Å². The van der Waals surface area contributed by atoms with Gasteiger partial charge in [-0.1, -0.05) is 0 Å². The molecule has 6 heterocycles. The van der Waals surface area contributed by atoms with Crippen LogP contribution in [0.4, 0.5) is 5.95 Å². The maximum atomic E-state index is 13.0. The molecule has 2 aliphatic rings. The molecule has 9 nitrogen and oxygen atoms in total. The molecule has 1 fully saturated rings. The Balaban J connectivity index is 1.60. The van der Waals surface area contributed by atoms with E-state index in [2.05, 4.69) is 32.1 Å². The molecule has 0 radical (unpaired) electrons. The lowest BCUT2D eigenvalue weighted by Crippen LogP contribution is -2.45. The monoisotopic (exact) mass is 445 g/mol. The number of nitrogens with one attached hydrogen (secondary N) is 2. The number of nitrogens with zero attached hydrogens (tertiary/aromatic N) is 5. The number of amides is 2. The van der Waals surface area contributed by atoms with E-state index >= 15 is 0 Å². The summed E-state index contributed by atoms with van der Waals surface area (Å²) in [6.45, 7) is 3.37. The Labute approximate surface area is 186 Å². The van der Waals surface area contributed by atoms with Crippen molar-refractivity contribution in [3.63, 3.8) is 0 Å². The molecule has 32 heavy (non-hydrogen) atoms. The van der Waals surface area contributed by atoms with Crippen molar-refractivity contribution in [2.75, 3.05) is 38.1 Å². The number of hydrogen-bond acceptors (Lipinski definition) is 8. The third-order valence-corrected chi connectivity index (χ3v) is 6.82. The number of carbonyl (C=O) groups excluding carboxylic acids is 2. The lowest BCUT2D eigenvalue weighted by molar-refractivity contribution is -0.122. The van der Waals surface area contributed by atoms with Gasteiger partial charge in [0.25, 0.3) is 11.8 Å². The van der Waals surface area contributed by atoms with Gasteiger partial charge in [-0.3, -0.25) is 19.9 Å². The molecule has 2 amide bonds. The summed E-state index contributed by atoms with van der Waals surface area (Å²) in [6.07, 6.45) is 3.42. The van der Waals surface area contributed by atoms with E-state index in [0.29, 0.717) is 33.8 Å². The SMILES string of the molecule is CN1CCN(c2nc(C3=C(c4c[nH]c5sccc45)C(=O)NC3=O)c3ncccc3n2)CC1. The van der Waals surface area contributed by atoms with Crippen molar-refractivity contribution in [3.05, 3.63) is 47.2 Å². The van der Waals surface area contributed by atoms with Crippen LogP contribution in [0.25, 0.3) is 32.4 Å². The minimum Gasteiger partial charge on any atom is -0.352 e. The van der Waals surface area contributed by atoms with Gasteiger partial charge in [0.2, 0.25) is 5.95 Å². The summed E-state index contributed by atoms with van der Waals surface area (Å²) in [5.41, 5.74) is 2.76. The topological polar surface area (TPSA) is 107 Å². The molecule has 4 aromatic rings. The second-order valence-electron chi connectivity index (χ2n) is 7.93. The van der Waals surface area contributed by atoms with Crippen LogP contribution in [0.5, 0.6) is 0 Å². The molecule has 0 unspecified atom stereocenters. The number of H-pyrrole nitrogens is 1. The first-order valence-electron chi connectivity index (χ1n) is 10.3. The number of carbonyl (C=O) groups is 2. The van der Waals surface area contributed by atoms with E-state index in [-0.39, 0.29) is 5.57 Å². The number of rotatable bonds is 3. The van der Waals surface area contributed by atoms with E-state index < -0.39 is 11.8 Å². The van der Waals surface area contributed by atoms with Gasteiger partial charge >= 0.3 is 0 Å². The molecular formula is C22H19N7O2S. The Morgan fingerprint density at radius 1 is 1.03 bits per heavy atom. The highest BCUT2D eigenvalue weighted by Crippen LogP contribution is 2.37. The first-order valence-corrected chi connectivity index (χ1v) is 11.2. The standard InChI is InChI=1S/C22H19N7O2S/c1-28-6-8-29(9-7-28)22-25-14-3-2-5-23-17(14)18(26-22)16-15(19(30)27-20(16)31)13-11-24-21-12(13)4-10-32-21/h2-5,10-11,24H,6-9H2,1H3,(H,27,30,31). The highest BCUT2D eigenvalue weighted by atomic mass is 32.1. The zero-order valence-corrected chi connectivity index (χ0v) is 18.1. The molecule has 0 saturated carbocycles. The van der Waals surface area contributed by atoms with Crippen LogP contribution in [-0.4, -0.2) is 69.9 Å². The third-order valence-electron chi connectivity index (χ3n) is 5.97. The second kappa shape index (κ2) is 7.21. The molecule has 0 spiro atoms. The van der Waals surface area contributed by atoms with Crippen LogP contribution in [0.15, 0.2) is 36.0 Å². The molecule has 2 N–H and O–H groups in total. The summed E-state index contributed by atoms with van der Waals surface area (Å²) in [6, 6.07) is 5.61. The predicted octanol–water partition coefficient (Wildman–Crippen LogP) is 1.89. The summed E-state index contributed by atoms with van der Waals surface area (Å²) in [7, 11) is 2.08. The smallest absolute Gasteiger partial charge is 0.261 e. The van der Waals surface area contributed by atoms with Gasteiger partial charge in [-0.2, -0.15) is 0 Å². The van der Waals surface area contributed by atoms with E-state index in [1.165, 1.54) is 0 Å². The van der Waals surface area contributed by atoms with Crippen molar-refractivity contribution in [1.82, 2.24) is 30.2 Å². The number of thiophene rings is 1. The van der Waals surface area contributed by atoms with Crippen LogP contribution in [0.2, 0.25) is 0 Å². The predicted molar refractivity (Wildman–Crippen MR) is 123 cm³/mol. The first-order chi connectivity index (χ1) is 15.6. The minimum atomic E-state index is -0.468. The highest BCUT2D eigenvalue weighted by molar-refractivity contribution is 7.16. The Hall–Kier alpha value is -3.63. The van der Waals surface area contributed by atoms with Crippen molar-refractivity contribution >= 4 is 61.5 Å². The Kier molecular flexibility index (Phi) is 4.30. The molecular weight excluding hydrogens is 426 g/mol. The summed E-state index contributed by atoms with van der Waals surface area (Å²) < 4.78 is 0. The van der Waals surface area contributed by atoms with Crippen LogP contribution in [-0.2, 0) is 9.59 Å². The van der Waals surface area contributed by atoms with E-state index in [9.17, 15) is 9.59 Å². The van der Waals surface area contributed by atoms with Crippen molar-refractivity contribution in [3.8, 4) is 0 Å². The Morgan fingerprint density at radius 2 is 1.84 bits per heavy atom.